The normalized spacial score (nSPS) is 20.0. The van der Waals surface area contributed by atoms with Crippen molar-refractivity contribution >= 4 is 27.5 Å². The average molecular weight is 276 g/mol. The van der Waals surface area contributed by atoms with Crippen LogP contribution in [0.15, 0.2) is 18.2 Å². The number of hydrogen-bond acceptors (Lipinski definition) is 1. The Morgan fingerprint density at radius 1 is 1.50 bits per heavy atom. The Hall–Kier alpha value is -0.210. The molecule has 1 aromatic rings. The Balaban J connectivity index is 2.32. The van der Waals surface area contributed by atoms with E-state index in [1.807, 2.05) is 18.2 Å². The van der Waals surface area contributed by atoms with Crippen LogP contribution in [0.3, 0.4) is 0 Å². The zero-order valence-electron chi connectivity index (χ0n) is 7.80. The lowest BCUT2D eigenvalue weighted by atomic mass is 9.91. The van der Waals surface area contributed by atoms with Crippen molar-refractivity contribution in [2.75, 3.05) is 11.9 Å². The molecule has 1 atom stereocenters. The highest BCUT2D eigenvalue weighted by Gasteiger charge is 2.20. The summed E-state index contributed by atoms with van der Waals surface area (Å²) < 4.78 is 5.58. The molecule has 0 bridgehead atoms. The van der Waals surface area contributed by atoms with Gasteiger partial charge in [-0.15, -0.1) is 0 Å². The molecule has 3 heteroatoms. The summed E-state index contributed by atoms with van der Waals surface area (Å²) in [5, 5.41) is 1.83. The number of rotatable bonds is 2. The molecule has 76 valence electrons. The molecule has 0 aromatic heterocycles. The number of halogens is 2. The molecule has 1 unspecified atom stereocenters. The Labute approximate surface area is 97.5 Å². The molecule has 0 aliphatic carbocycles. The molecular weight excluding hydrogens is 263 g/mol. The van der Waals surface area contributed by atoms with Crippen LogP contribution in [0.2, 0.25) is 5.02 Å². The summed E-state index contributed by atoms with van der Waals surface area (Å²) in [6.07, 6.45) is 2.25. The third-order valence-electron chi connectivity index (χ3n) is 2.59. The molecule has 1 aromatic carbocycles. The van der Waals surface area contributed by atoms with E-state index in [1.54, 1.807) is 0 Å². The van der Waals surface area contributed by atoms with Crippen LogP contribution in [0.1, 0.15) is 24.3 Å². The molecule has 0 spiro atoms. The van der Waals surface area contributed by atoms with Gasteiger partial charge in [0.25, 0.3) is 0 Å². The van der Waals surface area contributed by atoms with Gasteiger partial charge in [-0.2, -0.15) is 0 Å². The van der Waals surface area contributed by atoms with Crippen LogP contribution in [0.5, 0.6) is 5.75 Å². The topological polar surface area (TPSA) is 9.23 Å². The molecular formula is C11H12BrClO. The summed E-state index contributed by atoms with van der Waals surface area (Å²) in [6, 6.07) is 5.89. The van der Waals surface area contributed by atoms with E-state index in [4.69, 9.17) is 16.3 Å². The molecule has 1 aliphatic rings. The van der Waals surface area contributed by atoms with E-state index in [0.29, 0.717) is 5.92 Å². The van der Waals surface area contributed by atoms with Gasteiger partial charge in [0.2, 0.25) is 0 Å². The van der Waals surface area contributed by atoms with Gasteiger partial charge in [0, 0.05) is 10.4 Å². The zero-order valence-corrected chi connectivity index (χ0v) is 10.1. The van der Waals surface area contributed by atoms with Gasteiger partial charge in [-0.1, -0.05) is 27.5 Å². The standard InChI is InChI=1S/C11H12BrClO/c12-5-3-8-4-6-14-11-2-1-9(13)7-10(8)11/h1-2,7-8H,3-6H2. The lowest BCUT2D eigenvalue weighted by molar-refractivity contribution is 0.266. The second-order valence-corrected chi connectivity index (χ2v) is 4.72. The van der Waals surface area contributed by atoms with E-state index < -0.39 is 0 Å². The molecule has 0 saturated heterocycles. The van der Waals surface area contributed by atoms with Crippen molar-refractivity contribution in [3.8, 4) is 5.75 Å². The molecule has 14 heavy (non-hydrogen) atoms. The number of alkyl halides is 1. The van der Waals surface area contributed by atoms with Crippen LogP contribution in [-0.4, -0.2) is 11.9 Å². The van der Waals surface area contributed by atoms with E-state index in [1.165, 1.54) is 5.56 Å². The average Bonchev–Trinajstić information content (AvgIpc) is 2.19. The SMILES string of the molecule is Clc1ccc2c(c1)C(CCBr)CCO2. The molecule has 2 rings (SSSR count). The highest BCUT2D eigenvalue weighted by molar-refractivity contribution is 9.09. The van der Waals surface area contributed by atoms with Crippen LogP contribution in [0.4, 0.5) is 0 Å². The minimum atomic E-state index is 0.594. The molecule has 0 fully saturated rings. The van der Waals surface area contributed by atoms with E-state index in [0.717, 1.165) is 35.6 Å². The molecule has 0 saturated carbocycles. The molecule has 0 radical (unpaired) electrons. The molecule has 0 N–H and O–H groups in total. The first-order valence-electron chi connectivity index (χ1n) is 4.79. The smallest absolute Gasteiger partial charge is 0.122 e. The molecule has 1 aliphatic heterocycles. The van der Waals surface area contributed by atoms with Gasteiger partial charge in [-0.25, -0.2) is 0 Å². The lowest BCUT2D eigenvalue weighted by Gasteiger charge is -2.25. The molecule has 1 heterocycles. The molecule has 0 amide bonds. The van der Waals surface area contributed by atoms with Gasteiger partial charge in [0.05, 0.1) is 6.61 Å². The maximum Gasteiger partial charge on any atom is 0.122 e. The number of hydrogen-bond donors (Lipinski definition) is 0. The third-order valence-corrected chi connectivity index (χ3v) is 3.29. The first kappa shape index (κ1) is 10.3. The second kappa shape index (κ2) is 4.54. The summed E-state index contributed by atoms with van der Waals surface area (Å²) in [7, 11) is 0. The first-order chi connectivity index (χ1) is 6.81. The van der Waals surface area contributed by atoms with Crippen molar-refractivity contribution in [1.29, 1.82) is 0 Å². The van der Waals surface area contributed by atoms with Crippen LogP contribution >= 0.6 is 27.5 Å². The fourth-order valence-electron chi connectivity index (χ4n) is 1.87. The van der Waals surface area contributed by atoms with Crippen LogP contribution in [0, 0.1) is 0 Å². The van der Waals surface area contributed by atoms with Crippen molar-refractivity contribution < 1.29 is 4.74 Å². The summed E-state index contributed by atoms with van der Waals surface area (Å²) >= 11 is 9.46. The Morgan fingerprint density at radius 2 is 2.36 bits per heavy atom. The Kier molecular flexibility index (Phi) is 3.34. The fourth-order valence-corrected chi connectivity index (χ4v) is 2.60. The number of benzene rings is 1. The number of ether oxygens (including phenoxy) is 1. The highest BCUT2D eigenvalue weighted by Crippen LogP contribution is 2.37. The van der Waals surface area contributed by atoms with Crippen LogP contribution < -0.4 is 4.74 Å². The largest absolute Gasteiger partial charge is 0.493 e. The quantitative estimate of drug-likeness (QED) is 0.742. The maximum absolute atomic E-state index is 5.97. The monoisotopic (exact) mass is 274 g/mol. The minimum Gasteiger partial charge on any atom is -0.493 e. The van der Waals surface area contributed by atoms with E-state index in [2.05, 4.69) is 15.9 Å². The fraction of sp³-hybridized carbons (Fsp3) is 0.455. The first-order valence-corrected chi connectivity index (χ1v) is 6.29. The van der Waals surface area contributed by atoms with Crippen molar-refractivity contribution in [1.82, 2.24) is 0 Å². The Morgan fingerprint density at radius 3 is 3.14 bits per heavy atom. The minimum absolute atomic E-state index is 0.594. The Bertz CT molecular complexity index is 327. The van der Waals surface area contributed by atoms with Gasteiger partial charge >= 0.3 is 0 Å². The summed E-state index contributed by atoms with van der Waals surface area (Å²) in [6.45, 7) is 0.826. The summed E-state index contributed by atoms with van der Waals surface area (Å²) in [4.78, 5) is 0. The van der Waals surface area contributed by atoms with E-state index in [-0.39, 0.29) is 0 Å². The third kappa shape index (κ3) is 2.06. The summed E-state index contributed by atoms with van der Waals surface area (Å²) in [5.74, 6) is 1.60. The molecule has 1 nitrogen and oxygen atoms in total. The summed E-state index contributed by atoms with van der Waals surface area (Å²) in [5.41, 5.74) is 1.27. The van der Waals surface area contributed by atoms with Crippen molar-refractivity contribution in [2.24, 2.45) is 0 Å². The lowest BCUT2D eigenvalue weighted by Crippen LogP contribution is -2.14. The second-order valence-electron chi connectivity index (χ2n) is 3.49. The van der Waals surface area contributed by atoms with Gasteiger partial charge in [0.15, 0.2) is 0 Å². The van der Waals surface area contributed by atoms with Crippen molar-refractivity contribution in [3.63, 3.8) is 0 Å². The van der Waals surface area contributed by atoms with Crippen molar-refractivity contribution in [3.05, 3.63) is 28.8 Å². The predicted octanol–water partition coefficient (Wildman–Crippen LogP) is 3.99. The highest BCUT2D eigenvalue weighted by atomic mass is 79.9. The van der Waals surface area contributed by atoms with Gasteiger partial charge in [0.1, 0.15) is 5.75 Å². The van der Waals surface area contributed by atoms with Gasteiger partial charge in [-0.3, -0.25) is 0 Å². The maximum atomic E-state index is 5.97. The van der Waals surface area contributed by atoms with Crippen molar-refractivity contribution in [2.45, 2.75) is 18.8 Å². The zero-order chi connectivity index (χ0) is 9.97. The van der Waals surface area contributed by atoms with Gasteiger partial charge < -0.3 is 4.74 Å². The van der Waals surface area contributed by atoms with E-state index in [9.17, 15) is 0 Å². The van der Waals surface area contributed by atoms with E-state index >= 15 is 0 Å². The number of fused-ring (bicyclic) bond motifs is 1. The van der Waals surface area contributed by atoms with Crippen LogP contribution in [0.25, 0.3) is 0 Å². The van der Waals surface area contributed by atoms with Crippen LogP contribution in [-0.2, 0) is 0 Å². The van der Waals surface area contributed by atoms with Gasteiger partial charge in [-0.05, 0) is 42.5 Å². The predicted molar refractivity (Wildman–Crippen MR) is 62.7 cm³/mol.